The minimum Gasteiger partial charge on any atom is -0.399 e. The molecule has 0 radical (unpaired) electrons. The first-order valence-corrected chi connectivity index (χ1v) is 4.98. The molecule has 0 bridgehead atoms. The third-order valence-electron chi connectivity index (χ3n) is 2.49. The van der Waals surface area contributed by atoms with Gasteiger partial charge in [-0.25, -0.2) is 0 Å². The quantitative estimate of drug-likeness (QED) is 0.574. The van der Waals surface area contributed by atoms with E-state index in [-0.39, 0.29) is 6.04 Å². The number of hydrogen-bond donors (Lipinski definition) is 2. The molecular formula is C13H14N2. The molecule has 1 aromatic rings. The van der Waals surface area contributed by atoms with Gasteiger partial charge in [-0.1, -0.05) is 12.1 Å². The number of allylic oxidation sites excluding steroid dienone is 1. The topological polar surface area (TPSA) is 52.0 Å². The Bertz CT molecular complexity index is 434. The molecule has 0 aliphatic heterocycles. The van der Waals surface area contributed by atoms with Gasteiger partial charge in [0.15, 0.2) is 0 Å². The average Bonchev–Trinajstić information content (AvgIpc) is 2.74. The van der Waals surface area contributed by atoms with Gasteiger partial charge in [-0.05, 0) is 47.9 Å². The maximum Gasteiger partial charge on any atom is 0.0342 e. The molecule has 2 nitrogen and oxygen atoms in total. The highest BCUT2D eigenvalue weighted by Gasteiger charge is 2.08. The first kappa shape index (κ1) is 9.78. The molecule has 1 aromatic carbocycles. The van der Waals surface area contributed by atoms with Crippen LogP contribution in [0.2, 0.25) is 0 Å². The predicted molar refractivity (Wildman–Crippen MR) is 63.3 cm³/mol. The minimum absolute atomic E-state index is 0.0416. The Labute approximate surface area is 89.6 Å². The van der Waals surface area contributed by atoms with Gasteiger partial charge in [0.2, 0.25) is 0 Å². The second-order valence-corrected chi connectivity index (χ2v) is 3.70. The summed E-state index contributed by atoms with van der Waals surface area (Å²) in [5.74, 6) is 0. The van der Waals surface area contributed by atoms with E-state index in [1.807, 2.05) is 42.5 Å². The SMILES string of the molecule is Nc1ccc(C[C@@H](N)C2=CC=C=C2)cc1. The smallest absolute Gasteiger partial charge is 0.0342 e. The summed E-state index contributed by atoms with van der Waals surface area (Å²) in [5, 5.41) is 0. The number of benzene rings is 1. The number of nitrogens with two attached hydrogens (primary N) is 2. The summed E-state index contributed by atoms with van der Waals surface area (Å²) in [4.78, 5) is 0. The van der Waals surface area contributed by atoms with Crippen molar-refractivity contribution in [1.82, 2.24) is 0 Å². The van der Waals surface area contributed by atoms with Crippen molar-refractivity contribution in [1.29, 1.82) is 0 Å². The van der Waals surface area contributed by atoms with Crippen LogP contribution >= 0.6 is 0 Å². The maximum absolute atomic E-state index is 6.06. The Kier molecular flexibility index (Phi) is 2.72. The molecule has 1 aliphatic rings. The summed E-state index contributed by atoms with van der Waals surface area (Å²) >= 11 is 0. The lowest BCUT2D eigenvalue weighted by Crippen LogP contribution is -2.24. The lowest BCUT2D eigenvalue weighted by molar-refractivity contribution is 0.782. The van der Waals surface area contributed by atoms with E-state index in [0.717, 1.165) is 17.7 Å². The van der Waals surface area contributed by atoms with Crippen molar-refractivity contribution in [3.63, 3.8) is 0 Å². The van der Waals surface area contributed by atoms with Crippen LogP contribution in [0.3, 0.4) is 0 Å². The van der Waals surface area contributed by atoms with Crippen molar-refractivity contribution in [3.05, 3.63) is 59.4 Å². The second-order valence-electron chi connectivity index (χ2n) is 3.70. The van der Waals surface area contributed by atoms with Crippen LogP contribution in [0, 0.1) is 0 Å². The largest absolute Gasteiger partial charge is 0.399 e. The molecule has 0 fully saturated rings. The van der Waals surface area contributed by atoms with E-state index in [1.165, 1.54) is 5.56 Å². The van der Waals surface area contributed by atoms with E-state index in [1.54, 1.807) is 0 Å². The van der Waals surface area contributed by atoms with E-state index in [2.05, 4.69) is 5.73 Å². The fraction of sp³-hybridized carbons (Fsp3) is 0.154. The Hall–Kier alpha value is -1.76. The van der Waals surface area contributed by atoms with Crippen LogP contribution in [0.1, 0.15) is 5.56 Å². The molecule has 0 saturated heterocycles. The molecule has 0 heterocycles. The summed E-state index contributed by atoms with van der Waals surface area (Å²) < 4.78 is 0. The van der Waals surface area contributed by atoms with Gasteiger partial charge in [0.1, 0.15) is 0 Å². The Morgan fingerprint density at radius 1 is 1.20 bits per heavy atom. The third-order valence-corrected chi connectivity index (χ3v) is 2.49. The molecule has 1 aliphatic carbocycles. The lowest BCUT2D eigenvalue weighted by atomic mass is 10.0. The van der Waals surface area contributed by atoms with Gasteiger partial charge in [0, 0.05) is 11.7 Å². The highest BCUT2D eigenvalue weighted by Crippen LogP contribution is 2.13. The molecular weight excluding hydrogens is 184 g/mol. The molecule has 4 N–H and O–H groups in total. The third kappa shape index (κ3) is 2.38. The molecule has 1 atom stereocenters. The van der Waals surface area contributed by atoms with Crippen molar-refractivity contribution >= 4 is 5.69 Å². The zero-order valence-electron chi connectivity index (χ0n) is 8.48. The fourth-order valence-electron chi connectivity index (χ4n) is 1.59. The van der Waals surface area contributed by atoms with Crippen LogP contribution in [0.15, 0.2) is 53.8 Å². The predicted octanol–water partition coefficient (Wildman–Crippen LogP) is 1.79. The van der Waals surface area contributed by atoms with Crippen LogP contribution in [0.25, 0.3) is 0 Å². The van der Waals surface area contributed by atoms with Crippen molar-refractivity contribution in [2.24, 2.45) is 5.73 Å². The van der Waals surface area contributed by atoms with Gasteiger partial charge < -0.3 is 11.5 Å². The van der Waals surface area contributed by atoms with Crippen LogP contribution in [0.4, 0.5) is 5.69 Å². The molecule has 0 saturated carbocycles. The summed E-state index contributed by atoms with van der Waals surface area (Å²) in [6.07, 6.45) is 6.65. The van der Waals surface area contributed by atoms with E-state index in [4.69, 9.17) is 11.5 Å². The Balaban J connectivity index is 2.03. The van der Waals surface area contributed by atoms with E-state index >= 15 is 0 Å². The van der Waals surface area contributed by atoms with Crippen molar-refractivity contribution in [2.45, 2.75) is 12.5 Å². The fourth-order valence-corrected chi connectivity index (χ4v) is 1.59. The van der Waals surface area contributed by atoms with Gasteiger partial charge in [0.25, 0.3) is 0 Å². The number of anilines is 1. The van der Waals surface area contributed by atoms with Crippen molar-refractivity contribution in [3.8, 4) is 0 Å². The highest BCUT2D eigenvalue weighted by atomic mass is 14.6. The second kappa shape index (κ2) is 4.18. The molecule has 0 unspecified atom stereocenters. The summed E-state index contributed by atoms with van der Waals surface area (Å²) in [6, 6.07) is 7.88. The molecule has 15 heavy (non-hydrogen) atoms. The zero-order chi connectivity index (χ0) is 10.7. The average molecular weight is 198 g/mol. The Morgan fingerprint density at radius 2 is 1.93 bits per heavy atom. The molecule has 2 heteroatoms. The van der Waals surface area contributed by atoms with Gasteiger partial charge in [-0.2, -0.15) is 0 Å². The molecule has 0 aromatic heterocycles. The van der Waals surface area contributed by atoms with Gasteiger partial charge in [0.05, 0.1) is 0 Å². The summed E-state index contributed by atoms with van der Waals surface area (Å²) in [6.45, 7) is 0. The first-order chi connectivity index (χ1) is 7.25. The summed E-state index contributed by atoms with van der Waals surface area (Å²) in [7, 11) is 0. The normalized spacial score (nSPS) is 15.4. The Morgan fingerprint density at radius 3 is 2.53 bits per heavy atom. The van der Waals surface area contributed by atoms with Gasteiger partial charge >= 0.3 is 0 Å². The monoisotopic (exact) mass is 198 g/mol. The zero-order valence-corrected chi connectivity index (χ0v) is 8.48. The van der Waals surface area contributed by atoms with Crippen molar-refractivity contribution < 1.29 is 0 Å². The van der Waals surface area contributed by atoms with Gasteiger partial charge in [-0.15, -0.1) is 5.73 Å². The van der Waals surface area contributed by atoms with Gasteiger partial charge in [-0.3, -0.25) is 0 Å². The standard InChI is InChI=1S/C13H14N2/c14-12-7-5-10(6-8-12)9-13(15)11-3-1-2-4-11/h1,3-8,13H,9,14-15H2/t13-/m1/s1. The summed E-state index contributed by atoms with van der Waals surface area (Å²) in [5.41, 5.74) is 17.8. The van der Waals surface area contributed by atoms with E-state index in [0.29, 0.717) is 0 Å². The number of rotatable bonds is 3. The van der Waals surface area contributed by atoms with Crippen LogP contribution in [-0.4, -0.2) is 6.04 Å². The maximum atomic E-state index is 6.06. The molecule has 2 rings (SSSR count). The van der Waals surface area contributed by atoms with E-state index in [9.17, 15) is 0 Å². The van der Waals surface area contributed by atoms with Crippen LogP contribution in [-0.2, 0) is 6.42 Å². The van der Waals surface area contributed by atoms with Crippen LogP contribution < -0.4 is 11.5 Å². The minimum atomic E-state index is 0.0416. The van der Waals surface area contributed by atoms with Crippen LogP contribution in [0.5, 0.6) is 0 Å². The first-order valence-electron chi connectivity index (χ1n) is 4.98. The van der Waals surface area contributed by atoms with E-state index < -0.39 is 0 Å². The van der Waals surface area contributed by atoms with Crippen molar-refractivity contribution in [2.75, 3.05) is 5.73 Å². The molecule has 0 spiro atoms. The number of nitrogen functional groups attached to an aromatic ring is 1. The molecule has 0 amide bonds. The highest BCUT2D eigenvalue weighted by molar-refractivity contribution is 5.41. The molecule has 76 valence electrons. The lowest BCUT2D eigenvalue weighted by Gasteiger charge is -2.11. The number of hydrogen-bond acceptors (Lipinski definition) is 2.